The SMILES string of the molecule is CCCCCNC(=NCC(O)COc1ccc([N+](=O)[O-])cc1)NCC.I. The van der Waals surface area contributed by atoms with E-state index >= 15 is 0 Å². The van der Waals surface area contributed by atoms with E-state index in [0.29, 0.717) is 11.7 Å². The third-order valence-corrected chi connectivity index (χ3v) is 3.37. The van der Waals surface area contributed by atoms with Gasteiger partial charge in [-0.2, -0.15) is 0 Å². The molecule has 1 rings (SSSR count). The quantitative estimate of drug-likeness (QED) is 0.112. The van der Waals surface area contributed by atoms with Crippen LogP contribution in [0.4, 0.5) is 5.69 Å². The molecule has 0 saturated heterocycles. The monoisotopic (exact) mass is 480 g/mol. The van der Waals surface area contributed by atoms with Gasteiger partial charge in [0.15, 0.2) is 5.96 Å². The number of hydrogen-bond acceptors (Lipinski definition) is 5. The molecule has 0 aliphatic heterocycles. The number of guanidine groups is 1. The number of aliphatic hydroxyl groups is 1. The first-order chi connectivity index (χ1) is 12.1. The molecule has 0 spiro atoms. The molecule has 0 amide bonds. The van der Waals surface area contributed by atoms with E-state index in [0.717, 1.165) is 32.4 Å². The van der Waals surface area contributed by atoms with Crippen molar-refractivity contribution in [3.63, 3.8) is 0 Å². The van der Waals surface area contributed by atoms with Gasteiger partial charge in [0.1, 0.15) is 18.5 Å². The van der Waals surface area contributed by atoms with Crippen LogP contribution < -0.4 is 15.4 Å². The van der Waals surface area contributed by atoms with Crippen LogP contribution in [0.25, 0.3) is 0 Å². The zero-order valence-corrected chi connectivity index (χ0v) is 17.6. The maximum absolute atomic E-state index is 10.6. The van der Waals surface area contributed by atoms with Crippen LogP contribution in [0, 0.1) is 10.1 Å². The summed E-state index contributed by atoms with van der Waals surface area (Å²) in [6.07, 6.45) is 2.64. The summed E-state index contributed by atoms with van der Waals surface area (Å²) in [5.41, 5.74) is 0.00178. The lowest BCUT2D eigenvalue weighted by Gasteiger charge is -2.13. The topological polar surface area (TPSA) is 109 Å². The molecule has 0 aliphatic rings. The number of hydrogen-bond donors (Lipinski definition) is 3. The van der Waals surface area contributed by atoms with E-state index in [-0.39, 0.29) is 42.8 Å². The van der Waals surface area contributed by atoms with Crippen LogP contribution in [0.2, 0.25) is 0 Å². The van der Waals surface area contributed by atoms with Gasteiger partial charge < -0.3 is 20.5 Å². The highest BCUT2D eigenvalue weighted by Crippen LogP contribution is 2.17. The van der Waals surface area contributed by atoms with Crippen LogP contribution in [0.15, 0.2) is 29.3 Å². The molecule has 148 valence electrons. The van der Waals surface area contributed by atoms with E-state index in [4.69, 9.17) is 4.74 Å². The van der Waals surface area contributed by atoms with Crippen LogP contribution in [0.1, 0.15) is 33.1 Å². The van der Waals surface area contributed by atoms with Gasteiger partial charge in [0.05, 0.1) is 11.5 Å². The summed E-state index contributed by atoms with van der Waals surface area (Å²) < 4.78 is 5.43. The lowest BCUT2D eigenvalue weighted by Crippen LogP contribution is -2.38. The average Bonchev–Trinajstić information content (AvgIpc) is 2.61. The number of non-ortho nitro benzene ring substituents is 1. The number of benzene rings is 1. The summed E-state index contributed by atoms with van der Waals surface area (Å²) in [7, 11) is 0. The largest absolute Gasteiger partial charge is 0.491 e. The number of rotatable bonds is 11. The second kappa shape index (κ2) is 14.5. The van der Waals surface area contributed by atoms with E-state index in [1.54, 1.807) is 0 Å². The Kier molecular flexibility index (Phi) is 13.6. The summed E-state index contributed by atoms with van der Waals surface area (Å²) >= 11 is 0. The Labute approximate surface area is 171 Å². The van der Waals surface area contributed by atoms with Gasteiger partial charge in [-0.3, -0.25) is 15.1 Å². The maximum atomic E-state index is 10.6. The molecule has 1 aromatic rings. The zero-order chi connectivity index (χ0) is 18.5. The number of aliphatic imine (C=N–C) groups is 1. The molecule has 26 heavy (non-hydrogen) atoms. The Morgan fingerprint density at radius 1 is 1.27 bits per heavy atom. The van der Waals surface area contributed by atoms with Gasteiger partial charge in [-0.05, 0) is 25.5 Å². The van der Waals surface area contributed by atoms with Gasteiger partial charge in [-0.1, -0.05) is 19.8 Å². The molecule has 0 saturated carbocycles. The van der Waals surface area contributed by atoms with Crippen molar-refractivity contribution in [3.05, 3.63) is 34.4 Å². The number of nitrogens with one attached hydrogen (secondary N) is 2. The Bertz CT molecular complexity index is 540. The fourth-order valence-electron chi connectivity index (χ4n) is 2.03. The predicted octanol–water partition coefficient (Wildman–Crippen LogP) is 2.70. The van der Waals surface area contributed by atoms with Crippen LogP contribution in [0.3, 0.4) is 0 Å². The first-order valence-electron chi connectivity index (χ1n) is 8.64. The lowest BCUT2D eigenvalue weighted by molar-refractivity contribution is -0.384. The number of nitro groups is 1. The van der Waals surface area contributed by atoms with Gasteiger partial charge in [-0.25, -0.2) is 0 Å². The van der Waals surface area contributed by atoms with Crippen molar-refractivity contribution < 1.29 is 14.8 Å². The van der Waals surface area contributed by atoms with Crippen LogP contribution >= 0.6 is 24.0 Å². The highest BCUT2D eigenvalue weighted by Gasteiger charge is 2.08. The molecule has 0 radical (unpaired) electrons. The zero-order valence-electron chi connectivity index (χ0n) is 15.3. The van der Waals surface area contributed by atoms with E-state index < -0.39 is 11.0 Å². The smallest absolute Gasteiger partial charge is 0.269 e. The highest BCUT2D eigenvalue weighted by molar-refractivity contribution is 14.0. The first-order valence-corrected chi connectivity index (χ1v) is 8.64. The van der Waals surface area contributed by atoms with E-state index in [1.165, 1.54) is 24.3 Å². The molecule has 1 aromatic carbocycles. The molecule has 1 atom stereocenters. The van der Waals surface area contributed by atoms with Gasteiger partial charge in [0.2, 0.25) is 0 Å². The van der Waals surface area contributed by atoms with Gasteiger partial charge >= 0.3 is 0 Å². The summed E-state index contributed by atoms with van der Waals surface area (Å²) in [5, 5.41) is 26.9. The molecule has 0 fully saturated rings. The molecule has 9 heteroatoms. The number of nitro benzene ring substituents is 1. The molecular weight excluding hydrogens is 451 g/mol. The van der Waals surface area contributed by atoms with Gasteiger partial charge in [0.25, 0.3) is 5.69 Å². The minimum absolute atomic E-state index is 0. The fraction of sp³-hybridized carbons (Fsp3) is 0.588. The second-order valence-electron chi connectivity index (χ2n) is 5.57. The highest BCUT2D eigenvalue weighted by atomic mass is 127. The molecule has 3 N–H and O–H groups in total. The lowest BCUT2D eigenvalue weighted by atomic mass is 10.2. The van der Waals surface area contributed by atoms with Crippen LogP contribution in [-0.4, -0.2) is 48.3 Å². The Morgan fingerprint density at radius 2 is 1.96 bits per heavy atom. The van der Waals surface area contributed by atoms with Crippen molar-refractivity contribution >= 4 is 35.6 Å². The van der Waals surface area contributed by atoms with Crippen LogP contribution in [-0.2, 0) is 0 Å². The molecular formula is C17H29IN4O4. The molecule has 8 nitrogen and oxygen atoms in total. The molecule has 0 heterocycles. The van der Waals surface area contributed by atoms with Crippen molar-refractivity contribution in [2.75, 3.05) is 26.2 Å². The first kappa shape index (κ1) is 24.4. The molecule has 0 aliphatic carbocycles. The summed E-state index contributed by atoms with van der Waals surface area (Å²) in [6, 6.07) is 5.74. The third-order valence-electron chi connectivity index (χ3n) is 3.37. The van der Waals surface area contributed by atoms with Crippen molar-refractivity contribution in [1.29, 1.82) is 0 Å². The van der Waals surface area contributed by atoms with E-state index in [1.807, 2.05) is 6.92 Å². The van der Waals surface area contributed by atoms with Gasteiger partial charge in [-0.15, -0.1) is 24.0 Å². The standard InChI is InChI=1S/C17H28N4O4.HI/c1-3-5-6-11-19-17(18-4-2)20-12-15(22)13-25-16-9-7-14(8-10-16)21(23)24;/h7-10,15,22H,3-6,11-13H2,1-2H3,(H2,18,19,20);1H. The number of ether oxygens (including phenoxy) is 1. The number of aliphatic hydroxyl groups excluding tert-OH is 1. The van der Waals surface area contributed by atoms with Crippen molar-refractivity contribution in [1.82, 2.24) is 10.6 Å². The Morgan fingerprint density at radius 3 is 2.54 bits per heavy atom. The number of nitrogens with zero attached hydrogens (tertiary/aromatic N) is 2. The third kappa shape index (κ3) is 10.4. The van der Waals surface area contributed by atoms with Crippen molar-refractivity contribution in [2.24, 2.45) is 4.99 Å². The van der Waals surface area contributed by atoms with Crippen molar-refractivity contribution in [3.8, 4) is 5.75 Å². The number of unbranched alkanes of at least 4 members (excludes halogenated alkanes) is 2. The molecule has 0 bridgehead atoms. The van der Waals surface area contributed by atoms with E-state index in [2.05, 4.69) is 22.5 Å². The maximum Gasteiger partial charge on any atom is 0.269 e. The minimum Gasteiger partial charge on any atom is -0.491 e. The molecule has 0 aromatic heterocycles. The normalized spacial score (nSPS) is 12.0. The summed E-state index contributed by atoms with van der Waals surface area (Å²) in [6.45, 7) is 5.99. The number of halogens is 1. The minimum atomic E-state index is -0.763. The van der Waals surface area contributed by atoms with Crippen molar-refractivity contribution in [2.45, 2.75) is 39.2 Å². The Hall–Kier alpha value is -1.62. The Balaban J connectivity index is 0.00000625. The molecule has 1 unspecified atom stereocenters. The van der Waals surface area contributed by atoms with Gasteiger partial charge in [0, 0.05) is 25.2 Å². The summed E-state index contributed by atoms with van der Waals surface area (Å²) in [5.74, 6) is 1.14. The second-order valence-corrected chi connectivity index (χ2v) is 5.57. The van der Waals surface area contributed by atoms with E-state index in [9.17, 15) is 15.2 Å². The predicted molar refractivity (Wildman–Crippen MR) is 114 cm³/mol. The average molecular weight is 480 g/mol. The fourth-order valence-corrected chi connectivity index (χ4v) is 2.03. The summed E-state index contributed by atoms with van der Waals surface area (Å²) in [4.78, 5) is 14.5. The van der Waals surface area contributed by atoms with Crippen LogP contribution in [0.5, 0.6) is 5.75 Å².